The van der Waals surface area contributed by atoms with Crippen LogP contribution in [0.15, 0.2) is 18.3 Å². The number of rotatable bonds is 3. The molecule has 1 aromatic rings. The quantitative estimate of drug-likeness (QED) is 0.725. The molecule has 4 heteroatoms. The Labute approximate surface area is 74.2 Å². The van der Waals surface area contributed by atoms with Crippen LogP contribution in [-0.4, -0.2) is 11.2 Å². The van der Waals surface area contributed by atoms with Gasteiger partial charge in [-0.3, -0.25) is 4.98 Å². The van der Waals surface area contributed by atoms with Gasteiger partial charge in [-0.15, -0.1) is 0 Å². The predicted octanol–water partition coefficient (Wildman–Crippen LogP) is 2.88. The molecule has 0 amide bonds. The highest BCUT2D eigenvalue weighted by Gasteiger charge is 2.06. The number of hydrogen-bond acceptors (Lipinski definition) is 2. The van der Waals surface area contributed by atoms with E-state index in [4.69, 9.17) is 0 Å². The normalized spacial score (nSPS) is 10.7. The topological polar surface area (TPSA) is 12.9 Å². The van der Waals surface area contributed by atoms with Crippen molar-refractivity contribution in [3.05, 3.63) is 29.6 Å². The van der Waals surface area contributed by atoms with E-state index in [1.165, 1.54) is 12.3 Å². The van der Waals surface area contributed by atoms with E-state index >= 15 is 0 Å². The number of alkyl halides is 2. The lowest BCUT2D eigenvalue weighted by Crippen LogP contribution is -1.90. The number of nitrogens with zero attached hydrogens (tertiary/aromatic N) is 1. The summed E-state index contributed by atoms with van der Waals surface area (Å²) in [6, 6.07) is 3.06. The van der Waals surface area contributed by atoms with Gasteiger partial charge in [-0.05, 0) is 17.9 Å². The molecule has 0 saturated heterocycles. The van der Waals surface area contributed by atoms with Gasteiger partial charge in [0.1, 0.15) is 5.69 Å². The summed E-state index contributed by atoms with van der Waals surface area (Å²) < 4.78 is 24.0. The molecule has 12 heavy (non-hydrogen) atoms. The first-order valence-corrected chi connectivity index (χ1v) is 4.85. The van der Waals surface area contributed by atoms with Crippen LogP contribution in [0.2, 0.25) is 0 Å². The van der Waals surface area contributed by atoms with Gasteiger partial charge in [0.15, 0.2) is 0 Å². The molecule has 0 radical (unpaired) electrons. The second kappa shape index (κ2) is 4.40. The Balaban J connectivity index is 2.71. The molecule has 0 aliphatic rings. The van der Waals surface area contributed by atoms with Crippen LogP contribution in [0, 0.1) is 0 Å². The number of pyridine rings is 1. The molecule has 0 spiro atoms. The molecule has 1 heterocycles. The summed E-state index contributed by atoms with van der Waals surface area (Å²) in [5.41, 5.74) is 0.826. The zero-order valence-electron chi connectivity index (χ0n) is 6.63. The molecule has 1 nitrogen and oxygen atoms in total. The molecule has 0 unspecified atom stereocenters. The number of halogens is 2. The van der Waals surface area contributed by atoms with Crippen LogP contribution >= 0.6 is 11.8 Å². The van der Waals surface area contributed by atoms with Gasteiger partial charge >= 0.3 is 0 Å². The van der Waals surface area contributed by atoms with E-state index in [1.54, 1.807) is 17.8 Å². The summed E-state index contributed by atoms with van der Waals surface area (Å²) in [5, 5.41) is 0. The van der Waals surface area contributed by atoms with Crippen molar-refractivity contribution >= 4 is 11.8 Å². The standard InChI is InChI=1S/C8H9F2NS/c1-12-5-6-2-3-7(8(9)10)11-4-6/h2-4,8H,5H2,1H3. The van der Waals surface area contributed by atoms with Crippen LogP contribution in [-0.2, 0) is 5.75 Å². The lowest BCUT2D eigenvalue weighted by molar-refractivity contribution is 0.146. The van der Waals surface area contributed by atoms with E-state index in [-0.39, 0.29) is 5.69 Å². The SMILES string of the molecule is CSCc1ccc(C(F)F)nc1. The average Bonchev–Trinajstić information content (AvgIpc) is 2.06. The second-order valence-electron chi connectivity index (χ2n) is 2.33. The molecule has 0 fully saturated rings. The number of hydrogen-bond donors (Lipinski definition) is 0. The first-order chi connectivity index (χ1) is 5.74. The lowest BCUT2D eigenvalue weighted by atomic mass is 10.3. The van der Waals surface area contributed by atoms with Gasteiger partial charge in [0, 0.05) is 11.9 Å². The second-order valence-corrected chi connectivity index (χ2v) is 3.19. The Hall–Kier alpha value is -0.640. The smallest absolute Gasteiger partial charge is 0.255 e. The molecule has 0 N–H and O–H groups in total. The summed E-state index contributed by atoms with van der Waals surface area (Å²) in [6.45, 7) is 0. The molecular formula is C8H9F2NS. The monoisotopic (exact) mass is 189 g/mol. The highest BCUT2D eigenvalue weighted by molar-refractivity contribution is 7.97. The van der Waals surface area contributed by atoms with Gasteiger partial charge in [-0.1, -0.05) is 6.07 Å². The Morgan fingerprint density at radius 2 is 2.25 bits per heavy atom. The Morgan fingerprint density at radius 1 is 1.50 bits per heavy atom. The fourth-order valence-electron chi connectivity index (χ4n) is 0.817. The fraction of sp³-hybridized carbons (Fsp3) is 0.375. The molecule has 1 rings (SSSR count). The fourth-order valence-corrected chi connectivity index (χ4v) is 1.32. The van der Waals surface area contributed by atoms with Gasteiger partial charge in [-0.2, -0.15) is 11.8 Å². The van der Waals surface area contributed by atoms with E-state index in [1.807, 2.05) is 6.26 Å². The Morgan fingerprint density at radius 3 is 2.67 bits per heavy atom. The van der Waals surface area contributed by atoms with E-state index in [9.17, 15) is 8.78 Å². The van der Waals surface area contributed by atoms with Gasteiger partial charge in [0.05, 0.1) is 0 Å². The molecule has 0 aliphatic carbocycles. The summed E-state index contributed by atoms with van der Waals surface area (Å²) in [5.74, 6) is 0.816. The van der Waals surface area contributed by atoms with Crippen molar-refractivity contribution < 1.29 is 8.78 Å². The summed E-state index contributed by atoms with van der Waals surface area (Å²) in [4.78, 5) is 3.63. The van der Waals surface area contributed by atoms with Crippen LogP contribution in [0.25, 0.3) is 0 Å². The summed E-state index contributed by atoms with van der Waals surface area (Å²) >= 11 is 1.64. The van der Waals surface area contributed by atoms with Crippen molar-refractivity contribution in [1.29, 1.82) is 0 Å². The summed E-state index contributed by atoms with van der Waals surface area (Å²) in [6.07, 6.45) is 0.993. The maximum Gasteiger partial charge on any atom is 0.280 e. The minimum Gasteiger partial charge on any atom is -0.255 e. The molecule has 0 aromatic carbocycles. The number of aromatic nitrogens is 1. The van der Waals surface area contributed by atoms with E-state index in [0.717, 1.165) is 11.3 Å². The highest BCUT2D eigenvalue weighted by atomic mass is 32.2. The van der Waals surface area contributed by atoms with Crippen molar-refractivity contribution in [2.75, 3.05) is 6.26 Å². The molecule has 0 saturated carbocycles. The van der Waals surface area contributed by atoms with Crippen molar-refractivity contribution in [2.45, 2.75) is 12.2 Å². The molecule has 0 bridgehead atoms. The zero-order valence-corrected chi connectivity index (χ0v) is 7.44. The third-order valence-electron chi connectivity index (χ3n) is 1.38. The van der Waals surface area contributed by atoms with E-state index in [2.05, 4.69) is 4.98 Å². The van der Waals surface area contributed by atoms with Crippen LogP contribution in [0.3, 0.4) is 0 Å². The minimum absolute atomic E-state index is 0.153. The molecular weight excluding hydrogens is 180 g/mol. The lowest BCUT2D eigenvalue weighted by Gasteiger charge is -2.00. The Kier molecular flexibility index (Phi) is 3.47. The minimum atomic E-state index is -2.46. The highest BCUT2D eigenvalue weighted by Crippen LogP contribution is 2.16. The van der Waals surface area contributed by atoms with Crippen molar-refractivity contribution in [2.24, 2.45) is 0 Å². The summed E-state index contributed by atoms with van der Waals surface area (Å²) in [7, 11) is 0. The van der Waals surface area contributed by atoms with Crippen LogP contribution < -0.4 is 0 Å². The van der Waals surface area contributed by atoms with Crippen LogP contribution in [0.5, 0.6) is 0 Å². The molecule has 66 valence electrons. The van der Waals surface area contributed by atoms with Crippen molar-refractivity contribution in [3.63, 3.8) is 0 Å². The largest absolute Gasteiger partial charge is 0.280 e. The van der Waals surface area contributed by atoms with Crippen LogP contribution in [0.1, 0.15) is 17.7 Å². The van der Waals surface area contributed by atoms with Gasteiger partial charge in [0.2, 0.25) is 0 Å². The maximum absolute atomic E-state index is 12.0. The van der Waals surface area contributed by atoms with Crippen molar-refractivity contribution in [1.82, 2.24) is 4.98 Å². The van der Waals surface area contributed by atoms with Crippen molar-refractivity contribution in [3.8, 4) is 0 Å². The first-order valence-electron chi connectivity index (χ1n) is 3.46. The maximum atomic E-state index is 12.0. The molecule has 0 aliphatic heterocycles. The average molecular weight is 189 g/mol. The molecule has 0 atom stereocenters. The van der Waals surface area contributed by atoms with Gasteiger partial charge in [-0.25, -0.2) is 8.78 Å². The van der Waals surface area contributed by atoms with E-state index < -0.39 is 6.43 Å². The van der Waals surface area contributed by atoms with Gasteiger partial charge < -0.3 is 0 Å². The zero-order chi connectivity index (χ0) is 8.97. The third kappa shape index (κ3) is 2.44. The number of thioether (sulfide) groups is 1. The predicted molar refractivity (Wildman–Crippen MR) is 46.4 cm³/mol. The van der Waals surface area contributed by atoms with Gasteiger partial charge in [0.25, 0.3) is 6.43 Å². The van der Waals surface area contributed by atoms with E-state index in [0.29, 0.717) is 0 Å². The first kappa shape index (κ1) is 9.45. The van der Waals surface area contributed by atoms with Crippen LogP contribution in [0.4, 0.5) is 8.78 Å². The third-order valence-corrected chi connectivity index (χ3v) is 2.00. The molecule has 1 aromatic heterocycles. The Bertz CT molecular complexity index is 235.